The Morgan fingerprint density at radius 2 is 1.47 bits per heavy atom. The molecule has 0 aromatic carbocycles. The first-order valence-corrected chi connectivity index (χ1v) is 13.6. The average Bonchev–Trinajstić information content (AvgIpc) is 2.65. The molecule has 5 rings (SSSR count). The van der Waals surface area contributed by atoms with E-state index in [0.717, 1.165) is 29.6 Å². The second-order valence-corrected chi connectivity index (χ2v) is 14.6. The molecular weight excluding hydrogens is 360 g/mol. The summed E-state index contributed by atoms with van der Waals surface area (Å²) < 4.78 is 0. The van der Waals surface area contributed by atoms with Gasteiger partial charge >= 0.3 is 0 Å². The lowest BCUT2D eigenvalue weighted by atomic mass is 9.31. The van der Waals surface area contributed by atoms with E-state index in [0.29, 0.717) is 27.1 Å². The molecule has 5 aliphatic carbocycles. The maximum atomic E-state index is 4.56. The fourth-order valence-electron chi connectivity index (χ4n) is 11.5. The standard InChI is InChI=1S/C30H50/c1-20-12-16-27(5)18-19-29(7)22(25(27)21(20)2)10-11-24-28(6)15-9-14-26(3,4)23(28)13-17-30(24,29)8/h21-25H,1,9-19H2,2-8H3/t21?,22-,23?,24-,25+,27-,28+,29-,30-/m1/s1. The van der Waals surface area contributed by atoms with Gasteiger partial charge in [0.05, 0.1) is 0 Å². The van der Waals surface area contributed by atoms with Gasteiger partial charge in [0, 0.05) is 0 Å². The second kappa shape index (κ2) is 6.41. The number of fused-ring (bicyclic) bond motifs is 7. The summed E-state index contributed by atoms with van der Waals surface area (Å²) in [4.78, 5) is 0. The smallest absolute Gasteiger partial charge is 0.0198 e. The molecule has 0 radical (unpaired) electrons. The van der Waals surface area contributed by atoms with E-state index >= 15 is 0 Å². The van der Waals surface area contributed by atoms with Gasteiger partial charge < -0.3 is 0 Å². The van der Waals surface area contributed by atoms with Crippen molar-refractivity contribution in [1.82, 2.24) is 0 Å². The van der Waals surface area contributed by atoms with E-state index in [-0.39, 0.29) is 0 Å². The fourth-order valence-corrected chi connectivity index (χ4v) is 11.5. The van der Waals surface area contributed by atoms with Gasteiger partial charge in [-0.2, -0.15) is 0 Å². The predicted octanol–water partition coefficient (Wildman–Crippen LogP) is 9.05. The highest BCUT2D eigenvalue weighted by Crippen LogP contribution is 2.76. The molecule has 30 heavy (non-hydrogen) atoms. The van der Waals surface area contributed by atoms with E-state index in [1.807, 2.05) is 0 Å². The van der Waals surface area contributed by atoms with Crippen LogP contribution in [0, 0.1) is 56.7 Å². The normalized spacial score (nSPS) is 57.6. The maximum absolute atomic E-state index is 4.56. The van der Waals surface area contributed by atoms with E-state index in [4.69, 9.17) is 0 Å². The highest BCUT2D eigenvalue weighted by atomic mass is 14.7. The van der Waals surface area contributed by atoms with Crippen LogP contribution in [0.15, 0.2) is 12.2 Å². The van der Waals surface area contributed by atoms with Crippen LogP contribution in [0.5, 0.6) is 0 Å². The van der Waals surface area contributed by atoms with Gasteiger partial charge in [-0.05, 0) is 121 Å². The predicted molar refractivity (Wildman–Crippen MR) is 129 cm³/mol. The van der Waals surface area contributed by atoms with Gasteiger partial charge in [-0.15, -0.1) is 0 Å². The molecule has 0 aliphatic heterocycles. The van der Waals surface area contributed by atoms with Crippen molar-refractivity contribution in [3.63, 3.8) is 0 Å². The zero-order valence-corrected chi connectivity index (χ0v) is 21.4. The number of hydrogen-bond acceptors (Lipinski definition) is 0. The minimum atomic E-state index is 0.529. The largest absolute Gasteiger partial charge is 0.0996 e. The molecule has 0 saturated heterocycles. The van der Waals surface area contributed by atoms with E-state index in [2.05, 4.69) is 55.0 Å². The lowest BCUT2D eigenvalue weighted by Gasteiger charge is -2.73. The van der Waals surface area contributed by atoms with Crippen LogP contribution < -0.4 is 0 Å². The van der Waals surface area contributed by atoms with Crippen LogP contribution >= 0.6 is 0 Å². The molecule has 0 aromatic rings. The first-order valence-electron chi connectivity index (χ1n) is 13.6. The summed E-state index contributed by atoms with van der Waals surface area (Å²) in [7, 11) is 0. The average molecular weight is 411 g/mol. The molecule has 0 N–H and O–H groups in total. The fraction of sp³-hybridized carbons (Fsp3) is 0.933. The summed E-state index contributed by atoms with van der Waals surface area (Å²) in [6.45, 7) is 23.3. The highest BCUT2D eigenvalue weighted by Gasteiger charge is 2.69. The Labute approximate surface area is 188 Å². The van der Waals surface area contributed by atoms with Gasteiger partial charge in [-0.25, -0.2) is 0 Å². The third-order valence-electron chi connectivity index (χ3n) is 13.3. The van der Waals surface area contributed by atoms with Crippen molar-refractivity contribution >= 4 is 0 Å². The van der Waals surface area contributed by atoms with Gasteiger partial charge in [0.1, 0.15) is 0 Å². The Morgan fingerprint density at radius 3 is 2.20 bits per heavy atom. The Bertz CT molecular complexity index is 730. The number of allylic oxidation sites excluding steroid dienone is 1. The molecule has 0 nitrogen and oxygen atoms in total. The van der Waals surface area contributed by atoms with E-state index < -0.39 is 0 Å². The molecule has 9 atom stereocenters. The Balaban J connectivity index is 1.55. The van der Waals surface area contributed by atoms with Gasteiger partial charge in [0.15, 0.2) is 0 Å². The van der Waals surface area contributed by atoms with Crippen LogP contribution in [-0.4, -0.2) is 0 Å². The summed E-state index contributed by atoms with van der Waals surface area (Å²) in [5.74, 6) is 4.41. The van der Waals surface area contributed by atoms with Crippen molar-refractivity contribution in [3.05, 3.63) is 12.2 Å². The van der Waals surface area contributed by atoms with Crippen molar-refractivity contribution in [2.45, 2.75) is 119 Å². The first kappa shape index (κ1) is 21.6. The van der Waals surface area contributed by atoms with Crippen LogP contribution in [0.3, 0.4) is 0 Å². The van der Waals surface area contributed by atoms with Crippen molar-refractivity contribution in [2.75, 3.05) is 0 Å². The summed E-state index contributed by atoms with van der Waals surface area (Å²) in [5, 5.41) is 0. The summed E-state index contributed by atoms with van der Waals surface area (Å²) >= 11 is 0. The molecule has 5 fully saturated rings. The molecule has 0 aromatic heterocycles. The first-order chi connectivity index (χ1) is 13.9. The van der Waals surface area contributed by atoms with Crippen molar-refractivity contribution in [1.29, 1.82) is 0 Å². The summed E-state index contributed by atoms with van der Waals surface area (Å²) in [6, 6.07) is 0. The van der Waals surface area contributed by atoms with Crippen LogP contribution in [0.25, 0.3) is 0 Å². The molecule has 5 saturated carbocycles. The van der Waals surface area contributed by atoms with Crippen LogP contribution in [0.4, 0.5) is 0 Å². The third kappa shape index (κ3) is 2.52. The minimum absolute atomic E-state index is 0.529. The van der Waals surface area contributed by atoms with Gasteiger partial charge in [-0.1, -0.05) is 67.0 Å². The van der Waals surface area contributed by atoms with Crippen molar-refractivity contribution < 1.29 is 0 Å². The SMILES string of the molecule is C=C1CC[C@]2(C)CC[C@]3(C)[C@H](CC[C@@H]4[C@@]5(C)CCCC(C)(C)C5CC[C@]43C)[C@@H]2C1C. The molecule has 0 spiro atoms. The quantitative estimate of drug-likeness (QED) is 0.349. The zero-order valence-electron chi connectivity index (χ0n) is 21.4. The molecule has 0 heterocycles. The van der Waals surface area contributed by atoms with Crippen molar-refractivity contribution in [3.8, 4) is 0 Å². The molecule has 0 amide bonds. The third-order valence-corrected chi connectivity index (χ3v) is 13.3. The lowest BCUT2D eigenvalue weighted by Crippen LogP contribution is -2.66. The minimum Gasteiger partial charge on any atom is -0.0996 e. The second-order valence-electron chi connectivity index (χ2n) is 14.6. The summed E-state index contributed by atoms with van der Waals surface area (Å²) in [5.41, 5.74) is 4.33. The maximum Gasteiger partial charge on any atom is -0.0198 e. The monoisotopic (exact) mass is 410 g/mol. The van der Waals surface area contributed by atoms with Crippen LogP contribution in [0.2, 0.25) is 0 Å². The van der Waals surface area contributed by atoms with E-state index in [1.165, 1.54) is 70.6 Å². The topological polar surface area (TPSA) is 0 Å². The molecule has 2 unspecified atom stereocenters. The Morgan fingerprint density at radius 1 is 0.733 bits per heavy atom. The van der Waals surface area contributed by atoms with Crippen LogP contribution in [0.1, 0.15) is 119 Å². The summed E-state index contributed by atoms with van der Waals surface area (Å²) in [6.07, 6.45) is 16.0. The number of rotatable bonds is 0. The highest BCUT2D eigenvalue weighted by molar-refractivity contribution is 5.20. The van der Waals surface area contributed by atoms with E-state index in [1.54, 1.807) is 5.57 Å². The molecule has 0 heteroatoms. The van der Waals surface area contributed by atoms with Gasteiger partial charge in [0.2, 0.25) is 0 Å². The molecule has 170 valence electrons. The molecular formula is C30H50. The van der Waals surface area contributed by atoms with Crippen LogP contribution in [-0.2, 0) is 0 Å². The van der Waals surface area contributed by atoms with Gasteiger partial charge in [-0.3, -0.25) is 0 Å². The lowest BCUT2D eigenvalue weighted by molar-refractivity contribution is -0.241. The number of hydrogen-bond donors (Lipinski definition) is 0. The van der Waals surface area contributed by atoms with Crippen molar-refractivity contribution in [2.24, 2.45) is 56.7 Å². The van der Waals surface area contributed by atoms with Gasteiger partial charge in [0.25, 0.3) is 0 Å². The van der Waals surface area contributed by atoms with E-state index in [9.17, 15) is 0 Å². The molecule has 0 bridgehead atoms. The Hall–Kier alpha value is -0.260. The molecule has 5 aliphatic rings. The Kier molecular flexibility index (Phi) is 4.61. The zero-order chi connectivity index (χ0) is 21.7.